The van der Waals surface area contributed by atoms with Gasteiger partial charge in [-0.25, -0.2) is 0 Å². The number of hydrogen-bond donors (Lipinski definition) is 2. The Hall–Kier alpha value is -3.28. The normalized spacial score (nSPS) is 9.84. The highest BCUT2D eigenvalue weighted by Crippen LogP contribution is 2.28. The fourth-order valence-corrected chi connectivity index (χ4v) is 2.16. The number of ether oxygens (including phenoxy) is 2. The SMILES string of the molecule is C=CCOc1ccc(C(=O)Nc2cccc(C(=O)NC)c2)cc1OC. The van der Waals surface area contributed by atoms with Gasteiger partial charge in [0.25, 0.3) is 11.8 Å². The summed E-state index contributed by atoms with van der Waals surface area (Å²) in [6.07, 6.45) is 1.62. The van der Waals surface area contributed by atoms with Gasteiger partial charge in [0.2, 0.25) is 0 Å². The zero-order valence-electron chi connectivity index (χ0n) is 14.2. The topological polar surface area (TPSA) is 76.7 Å². The Labute approximate surface area is 146 Å². The minimum absolute atomic E-state index is 0.221. The zero-order valence-corrected chi connectivity index (χ0v) is 14.2. The van der Waals surface area contributed by atoms with Crippen LogP contribution in [0.2, 0.25) is 0 Å². The van der Waals surface area contributed by atoms with Crippen LogP contribution in [0.15, 0.2) is 55.1 Å². The second-order valence-electron chi connectivity index (χ2n) is 5.08. The molecule has 0 atom stereocenters. The van der Waals surface area contributed by atoms with E-state index in [1.165, 1.54) is 7.11 Å². The summed E-state index contributed by atoms with van der Waals surface area (Å²) in [4.78, 5) is 24.1. The first-order chi connectivity index (χ1) is 12.1. The van der Waals surface area contributed by atoms with Crippen LogP contribution in [0.25, 0.3) is 0 Å². The highest BCUT2D eigenvalue weighted by molar-refractivity contribution is 6.05. The van der Waals surface area contributed by atoms with Crippen LogP contribution in [-0.4, -0.2) is 32.6 Å². The molecule has 0 fully saturated rings. The molecule has 0 aromatic heterocycles. The first-order valence-electron chi connectivity index (χ1n) is 7.64. The van der Waals surface area contributed by atoms with Crippen molar-refractivity contribution in [1.29, 1.82) is 0 Å². The molecule has 0 saturated carbocycles. The van der Waals surface area contributed by atoms with E-state index in [-0.39, 0.29) is 11.8 Å². The first-order valence-corrected chi connectivity index (χ1v) is 7.64. The van der Waals surface area contributed by atoms with Crippen molar-refractivity contribution in [2.75, 3.05) is 26.1 Å². The van der Waals surface area contributed by atoms with Crippen LogP contribution in [0.5, 0.6) is 11.5 Å². The molecule has 2 aromatic rings. The average molecular weight is 340 g/mol. The fraction of sp³-hybridized carbons (Fsp3) is 0.158. The second kappa shape index (κ2) is 8.54. The third-order valence-corrected chi connectivity index (χ3v) is 3.39. The lowest BCUT2D eigenvalue weighted by atomic mass is 10.1. The summed E-state index contributed by atoms with van der Waals surface area (Å²) in [5.74, 6) is 0.443. The molecule has 0 spiro atoms. The molecule has 0 aliphatic rings. The lowest BCUT2D eigenvalue weighted by Crippen LogP contribution is -2.18. The van der Waals surface area contributed by atoms with Crippen LogP contribution < -0.4 is 20.1 Å². The molecule has 6 nitrogen and oxygen atoms in total. The number of amides is 2. The number of nitrogens with one attached hydrogen (secondary N) is 2. The van der Waals surface area contributed by atoms with Gasteiger partial charge in [-0.2, -0.15) is 0 Å². The molecule has 0 aliphatic carbocycles. The summed E-state index contributed by atoms with van der Waals surface area (Å²) >= 11 is 0. The molecular weight excluding hydrogens is 320 g/mol. The molecule has 130 valence electrons. The van der Waals surface area contributed by atoms with E-state index < -0.39 is 0 Å². The number of methoxy groups -OCH3 is 1. The molecule has 6 heteroatoms. The van der Waals surface area contributed by atoms with E-state index in [9.17, 15) is 9.59 Å². The Balaban J connectivity index is 2.18. The summed E-state index contributed by atoms with van der Waals surface area (Å²) in [5.41, 5.74) is 1.40. The van der Waals surface area contributed by atoms with E-state index >= 15 is 0 Å². The van der Waals surface area contributed by atoms with Gasteiger partial charge in [0.1, 0.15) is 6.61 Å². The van der Waals surface area contributed by atoms with E-state index in [1.54, 1.807) is 55.6 Å². The van der Waals surface area contributed by atoms with Gasteiger partial charge in [-0.1, -0.05) is 18.7 Å². The van der Waals surface area contributed by atoms with Gasteiger partial charge < -0.3 is 20.1 Å². The van der Waals surface area contributed by atoms with Crippen molar-refractivity contribution in [1.82, 2.24) is 5.32 Å². The maximum Gasteiger partial charge on any atom is 0.255 e. The summed E-state index contributed by atoms with van der Waals surface area (Å²) in [7, 11) is 3.06. The highest BCUT2D eigenvalue weighted by atomic mass is 16.5. The molecule has 0 heterocycles. The fourth-order valence-electron chi connectivity index (χ4n) is 2.16. The van der Waals surface area contributed by atoms with Crippen LogP contribution in [0.3, 0.4) is 0 Å². The summed E-state index contributed by atoms with van der Waals surface area (Å²) in [6, 6.07) is 11.6. The minimum atomic E-state index is -0.317. The average Bonchev–Trinajstić information content (AvgIpc) is 2.65. The third-order valence-electron chi connectivity index (χ3n) is 3.39. The first kappa shape index (κ1) is 18.1. The molecular formula is C19H20N2O4. The number of carbonyl (C=O) groups is 2. The van der Waals surface area contributed by atoms with Crippen LogP contribution >= 0.6 is 0 Å². The van der Waals surface area contributed by atoms with E-state index in [2.05, 4.69) is 17.2 Å². The van der Waals surface area contributed by atoms with Crippen molar-refractivity contribution in [2.24, 2.45) is 0 Å². The molecule has 25 heavy (non-hydrogen) atoms. The quantitative estimate of drug-likeness (QED) is 0.760. The Bertz CT molecular complexity index is 787. The predicted molar refractivity (Wildman–Crippen MR) is 96.5 cm³/mol. The van der Waals surface area contributed by atoms with Crippen molar-refractivity contribution in [3.63, 3.8) is 0 Å². The van der Waals surface area contributed by atoms with E-state index in [1.807, 2.05) is 0 Å². The minimum Gasteiger partial charge on any atom is -0.493 e. The Kier molecular flexibility index (Phi) is 6.17. The summed E-state index contributed by atoms with van der Waals surface area (Å²) < 4.78 is 10.7. The maximum atomic E-state index is 12.4. The predicted octanol–water partition coefficient (Wildman–Crippen LogP) is 2.87. The zero-order chi connectivity index (χ0) is 18.2. The molecule has 0 radical (unpaired) electrons. The largest absolute Gasteiger partial charge is 0.493 e. The van der Waals surface area contributed by atoms with Crippen LogP contribution in [0.4, 0.5) is 5.69 Å². The number of hydrogen-bond acceptors (Lipinski definition) is 4. The molecule has 0 bridgehead atoms. The van der Waals surface area contributed by atoms with Crippen LogP contribution in [-0.2, 0) is 0 Å². The Morgan fingerprint density at radius 2 is 1.84 bits per heavy atom. The number of rotatable bonds is 7. The Morgan fingerprint density at radius 1 is 1.08 bits per heavy atom. The van der Waals surface area contributed by atoms with Crippen molar-refractivity contribution in [3.05, 3.63) is 66.2 Å². The number of carbonyl (C=O) groups excluding carboxylic acids is 2. The van der Waals surface area contributed by atoms with E-state index in [4.69, 9.17) is 9.47 Å². The van der Waals surface area contributed by atoms with Gasteiger partial charge in [-0.3, -0.25) is 9.59 Å². The molecule has 0 aliphatic heterocycles. The second-order valence-corrected chi connectivity index (χ2v) is 5.08. The molecule has 2 N–H and O–H groups in total. The van der Waals surface area contributed by atoms with E-state index in [0.29, 0.717) is 34.9 Å². The lowest BCUT2D eigenvalue weighted by molar-refractivity contribution is 0.0961. The van der Waals surface area contributed by atoms with Crippen molar-refractivity contribution in [2.45, 2.75) is 0 Å². The summed E-state index contributed by atoms with van der Waals surface area (Å²) in [5, 5.41) is 5.30. The number of anilines is 1. The molecule has 2 aromatic carbocycles. The maximum absolute atomic E-state index is 12.4. The standard InChI is InChI=1S/C19H20N2O4/c1-4-10-25-16-9-8-14(12-17(16)24-3)19(23)21-15-7-5-6-13(11-15)18(22)20-2/h4-9,11-12H,1,10H2,2-3H3,(H,20,22)(H,21,23). The Morgan fingerprint density at radius 3 is 2.52 bits per heavy atom. The van der Waals surface area contributed by atoms with Crippen LogP contribution in [0.1, 0.15) is 20.7 Å². The smallest absolute Gasteiger partial charge is 0.255 e. The van der Waals surface area contributed by atoms with Gasteiger partial charge in [0, 0.05) is 23.9 Å². The lowest BCUT2D eigenvalue weighted by Gasteiger charge is -2.11. The van der Waals surface area contributed by atoms with Gasteiger partial charge in [-0.05, 0) is 36.4 Å². The monoisotopic (exact) mass is 340 g/mol. The van der Waals surface area contributed by atoms with Gasteiger partial charge in [-0.15, -0.1) is 0 Å². The van der Waals surface area contributed by atoms with Crippen molar-refractivity contribution < 1.29 is 19.1 Å². The highest BCUT2D eigenvalue weighted by Gasteiger charge is 2.12. The van der Waals surface area contributed by atoms with Gasteiger partial charge in [0.05, 0.1) is 7.11 Å². The molecule has 0 unspecified atom stereocenters. The summed E-state index contributed by atoms with van der Waals surface area (Å²) in [6.45, 7) is 3.93. The molecule has 0 saturated heterocycles. The van der Waals surface area contributed by atoms with E-state index in [0.717, 1.165) is 0 Å². The van der Waals surface area contributed by atoms with Crippen molar-refractivity contribution >= 4 is 17.5 Å². The molecule has 2 amide bonds. The number of benzene rings is 2. The van der Waals surface area contributed by atoms with Gasteiger partial charge >= 0.3 is 0 Å². The molecule has 2 rings (SSSR count). The third kappa shape index (κ3) is 4.60. The van der Waals surface area contributed by atoms with Crippen molar-refractivity contribution in [3.8, 4) is 11.5 Å². The van der Waals surface area contributed by atoms with Gasteiger partial charge in [0.15, 0.2) is 11.5 Å². The van der Waals surface area contributed by atoms with Crippen LogP contribution in [0, 0.1) is 0 Å².